The summed E-state index contributed by atoms with van der Waals surface area (Å²) in [5.74, 6) is 0. The van der Waals surface area contributed by atoms with Crippen LogP contribution in [0.15, 0.2) is 66.7 Å². The van der Waals surface area contributed by atoms with Gasteiger partial charge in [-0.15, -0.1) is 0 Å². The summed E-state index contributed by atoms with van der Waals surface area (Å²) < 4.78 is 0. The molecule has 0 heterocycles. The van der Waals surface area contributed by atoms with Crippen LogP contribution in [-0.2, 0) is 5.41 Å². The zero-order valence-corrected chi connectivity index (χ0v) is 13.4. The minimum Gasteiger partial charge on any atom is -0.0616 e. The summed E-state index contributed by atoms with van der Waals surface area (Å²) in [5, 5.41) is 7.95. The van der Waals surface area contributed by atoms with Crippen molar-refractivity contribution < 1.29 is 0 Å². The lowest BCUT2D eigenvalue weighted by Crippen LogP contribution is -2.10. The summed E-state index contributed by atoms with van der Waals surface area (Å²) in [6.45, 7) is 6.82. The summed E-state index contributed by atoms with van der Waals surface area (Å²) in [6.07, 6.45) is 0. The predicted molar refractivity (Wildman–Crippen MR) is 97.7 cm³/mol. The van der Waals surface area contributed by atoms with Gasteiger partial charge < -0.3 is 0 Å². The van der Waals surface area contributed by atoms with Gasteiger partial charge in [-0.05, 0) is 55.4 Å². The lowest BCUT2D eigenvalue weighted by atomic mass is 9.85. The van der Waals surface area contributed by atoms with Gasteiger partial charge in [-0.25, -0.2) is 0 Å². The molecule has 0 bridgehead atoms. The van der Waals surface area contributed by atoms with Crippen LogP contribution in [0.4, 0.5) is 0 Å². The van der Waals surface area contributed by atoms with Crippen molar-refractivity contribution in [2.24, 2.45) is 0 Å². The van der Waals surface area contributed by atoms with E-state index in [2.05, 4.69) is 87.5 Å². The monoisotopic (exact) mass is 284 g/mol. The van der Waals surface area contributed by atoms with Crippen molar-refractivity contribution in [3.05, 3.63) is 72.3 Å². The highest BCUT2D eigenvalue weighted by molar-refractivity contribution is 6.12. The molecule has 0 spiro atoms. The molecule has 0 saturated carbocycles. The Balaban J connectivity index is 2.13. The normalized spacial score (nSPS) is 12.3. The Kier molecular flexibility index (Phi) is 2.77. The molecule has 4 aromatic rings. The van der Waals surface area contributed by atoms with Gasteiger partial charge in [0.2, 0.25) is 0 Å². The summed E-state index contributed by atoms with van der Waals surface area (Å²) in [7, 11) is 0. The average Bonchev–Trinajstić information content (AvgIpc) is 2.51. The third-order valence-electron chi connectivity index (χ3n) is 4.57. The van der Waals surface area contributed by atoms with Crippen molar-refractivity contribution in [2.45, 2.75) is 26.2 Å². The zero-order chi connectivity index (χ0) is 15.3. The van der Waals surface area contributed by atoms with E-state index in [-0.39, 0.29) is 5.41 Å². The van der Waals surface area contributed by atoms with Gasteiger partial charge in [-0.1, -0.05) is 75.4 Å². The number of hydrogen-bond acceptors (Lipinski definition) is 0. The molecular formula is C22H20. The third kappa shape index (κ3) is 2.07. The maximum atomic E-state index is 2.37. The van der Waals surface area contributed by atoms with Crippen molar-refractivity contribution in [1.29, 1.82) is 0 Å². The Morgan fingerprint density at radius 2 is 1.14 bits per heavy atom. The fourth-order valence-corrected chi connectivity index (χ4v) is 3.21. The molecule has 0 aliphatic rings. The van der Waals surface area contributed by atoms with Crippen LogP contribution >= 0.6 is 0 Å². The zero-order valence-electron chi connectivity index (χ0n) is 13.4. The first-order chi connectivity index (χ1) is 10.5. The van der Waals surface area contributed by atoms with E-state index >= 15 is 0 Å². The SMILES string of the molecule is CC(C)(C)c1ccc2ccc3cc4ccccc4cc3c2c1. The largest absolute Gasteiger partial charge is 0.0616 e. The van der Waals surface area contributed by atoms with Gasteiger partial charge in [0, 0.05) is 0 Å². The highest BCUT2D eigenvalue weighted by atomic mass is 14.2. The van der Waals surface area contributed by atoms with Gasteiger partial charge in [0.25, 0.3) is 0 Å². The Bertz CT molecular complexity index is 1000. The van der Waals surface area contributed by atoms with E-state index in [1.54, 1.807) is 0 Å². The van der Waals surface area contributed by atoms with Crippen molar-refractivity contribution in [3.8, 4) is 0 Å². The van der Waals surface area contributed by atoms with Gasteiger partial charge in [0.15, 0.2) is 0 Å². The molecule has 0 amide bonds. The standard InChI is InChI=1S/C22H20/c1-22(2,3)19-11-10-15-8-9-18-12-16-6-4-5-7-17(16)13-20(18)21(15)14-19/h4-14H,1-3H3. The minimum atomic E-state index is 0.174. The van der Waals surface area contributed by atoms with Crippen LogP contribution in [0.25, 0.3) is 32.3 Å². The van der Waals surface area contributed by atoms with Crippen LogP contribution in [0.1, 0.15) is 26.3 Å². The molecule has 0 saturated heterocycles. The molecule has 0 fully saturated rings. The molecule has 0 unspecified atom stereocenters. The van der Waals surface area contributed by atoms with Crippen LogP contribution < -0.4 is 0 Å². The molecule has 4 aromatic carbocycles. The minimum absolute atomic E-state index is 0.174. The molecule has 0 atom stereocenters. The Labute approximate surface area is 131 Å². The molecule has 22 heavy (non-hydrogen) atoms. The maximum absolute atomic E-state index is 2.37. The van der Waals surface area contributed by atoms with E-state index in [1.807, 2.05) is 0 Å². The summed E-state index contributed by atoms with van der Waals surface area (Å²) in [4.78, 5) is 0. The highest BCUT2D eigenvalue weighted by Gasteiger charge is 2.14. The molecule has 0 aromatic heterocycles. The van der Waals surface area contributed by atoms with E-state index in [0.717, 1.165) is 0 Å². The van der Waals surface area contributed by atoms with Crippen LogP contribution in [0.2, 0.25) is 0 Å². The van der Waals surface area contributed by atoms with Gasteiger partial charge in [0.05, 0.1) is 0 Å². The Morgan fingerprint density at radius 3 is 1.86 bits per heavy atom. The lowest BCUT2D eigenvalue weighted by molar-refractivity contribution is 0.591. The van der Waals surface area contributed by atoms with Gasteiger partial charge in [0.1, 0.15) is 0 Å². The van der Waals surface area contributed by atoms with Crippen molar-refractivity contribution in [2.75, 3.05) is 0 Å². The second-order valence-electron chi connectivity index (χ2n) is 7.17. The van der Waals surface area contributed by atoms with Crippen LogP contribution in [0, 0.1) is 0 Å². The molecule has 0 nitrogen and oxygen atoms in total. The molecular weight excluding hydrogens is 264 g/mol. The van der Waals surface area contributed by atoms with E-state index in [0.29, 0.717) is 0 Å². The first kappa shape index (κ1) is 13.3. The fraction of sp³-hybridized carbons (Fsp3) is 0.182. The van der Waals surface area contributed by atoms with Crippen molar-refractivity contribution >= 4 is 32.3 Å². The van der Waals surface area contributed by atoms with E-state index in [4.69, 9.17) is 0 Å². The van der Waals surface area contributed by atoms with Gasteiger partial charge in [-0.2, -0.15) is 0 Å². The maximum Gasteiger partial charge on any atom is -0.00989 e. The smallest absolute Gasteiger partial charge is 0.00989 e. The van der Waals surface area contributed by atoms with E-state index in [9.17, 15) is 0 Å². The summed E-state index contributed by atoms with van der Waals surface area (Å²) in [6, 6.07) is 24.6. The van der Waals surface area contributed by atoms with Crippen molar-refractivity contribution in [3.63, 3.8) is 0 Å². The topological polar surface area (TPSA) is 0 Å². The second-order valence-corrected chi connectivity index (χ2v) is 7.17. The highest BCUT2D eigenvalue weighted by Crippen LogP contribution is 2.32. The average molecular weight is 284 g/mol. The third-order valence-corrected chi connectivity index (χ3v) is 4.57. The molecule has 0 aliphatic heterocycles. The number of hydrogen-bond donors (Lipinski definition) is 0. The Morgan fingerprint density at radius 1 is 0.545 bits per heavy atom. The molecule has 0 radical (unpaired) electrons. The predicted octanol–water partition coefficient (Wildman–Crippen LogP) is 6.44. The first-order valence-electron chi connectivity index (χ1n) is 7.88. The fourth-order valence-electron chi connectivity index (χ4n) is 3.21. The van der Waals surface area contributed by atoms with Crippen LogP contribution in [0.5, 0.6) is 0 Å². The quantitative estimate of drug-likeness (QED) is 0.257. The molecule has 108 valence electrons. The number of rotatable bonds is 0. The first-order valence-corrected chi connectivity index (χ1v) is 7.88. The second kappa shape index (κ2) is 4.58. The van der Waals surface area contributed by atoms with Crippen LogP contribution in [-0.4, -0.2) is 0 Å². The van der Waals surface area contributed by atoms with Crippen LogP contribution in [0.3, 0.4) is 0 Å². The molecule has 4 rings (SSSR count). The lowest BCUT2D eigenvalue weighted by Gasteiger charge is -2.20. The summed E-state index contributed by atoms with van der Waals surface area (Å²) in [5.41, 5.74) is 1.56. The molecule has 0 N–H and O–H groups in total. The van der Waals surface area contributed by atoms with E-state index < -0.39 is 0 Å². The van der Waals surface area contributed by atoms with Gasteiger partial charge >= 0.3 is 0 Å². The molecule has 0 aliphatic carbocycles. The van der Waals surface area contributed by atoms with Gasteiger partial charge in [-0.3, -0.25) is 0 Å². The summed E-state index contributed by atoms with van der Waals surface area (Å²) >= 11 is 0. The number of fused-ring (bicyclic) bond motifs is 4. The number of benzene rings is 4. The molecule has 0 heteroatoms. The van der Waals surface area contributed by atoms with E-state index in [1.165, 1.54) is 37.9 Å². The Hall–Kier alpha value is -2.34. The van der Waals surface area contributed by atoms with Crippen molar-refractivity contribution in [1.82, 2.24) is 0 Å².